The van der Waals surface area contributed by atoms with Crippen molar-refractivity contribution in [2.45, 2.75) is 6.42 Å². The number of nitrogens with zero attached hydrogens (tertiary/aromatic N) is 5. The van der Waals surface area contributed by atoms with E-state index in [1.165, 1.54) is 12.1 Å². The van der Waals surface area contributed by atoms with Gasteiger partial charge in [-0.3, -0.25) is 14.8 Å². The highest BCUT2D eigenvalue weighted by Gasteiger charge is 2.12. The molecule has 0 unspecified atom stereocenters. The Balaban J connectivity index is 1.93. The van der Waals surface area contributed by atoms with Crippen LogP contribution in [0.5, 0.6) is 0 Å². The molecule has 2 heterocycles. The smallest absolute Gasteiger partial charge is 0.311 e. The third-order valence-electron chi connectivity index (χ3n) is 2.40. The number of hydrogen-bond acceptors (Lipinski definition) is 7. The number of nitrogens with two attached hydrogens (primary N) is 1. The Labute approximate surface area is 108 Å². The lowest BCUT2D eigenvalue weighted by Gasteiger charge is -2.04. The summed E-state index contributed by atoms with van der Waals surface area (Å²) in [5, 5.41) is 17.7. The molecular formula is C10H13N7O2. The minimum atomic E-state index is -0.566. The van der Waals surface area contributed by atoms with E-state index >= 15 is 0 Å². The molecule has 0 fully saturated rings. The van der Waals surface area contributed by atoms with Crippen LogP contribution in [0.25, 0.3) is 0 Å². The van der Waals surface area contributed by atoms with Crippen molar-refractivity contribution in [3.63, 3.8) is 0 Å². The molecule has 0 amide bonds. The fourth-order valence-electron chi connectivity index (χ4n) is 1.52. The van der Waals surface area contributed by atoms with Crippen LogP contribution in [0.15, 0.2) is 18.5 Å². The number of aryl methyl sites for hydroxylation is 1. The molecule has 0 radical (unpaired) electrons. The number of pyridine rings is 1. The second-order valence-corrected chi connectivity index (χ2v) is 3.87. The first-order valence-electron chi connectivity index (χ1n) is 5.55. The average molecular weight is 263 g/mol. The molecule has 100 valence electrons. The molecule has 2 rings (SSSR count). The van der Waals surface area contributed by atoms with E-state index in [1.54, 1.807) is 18.1 Å². The molecule has 3 N–H and O–H groups in total. The fraction of sp³-hybridized carbons (Fsp3) is 0.300. The number of aromatic nitrogens is 4. The summed E-state index contributed by atoms with van der Waals surface area (Å²) in [6, 6.07) is 2.84. The second-order valence-electron chi connectivity index (χ2n) is 3.87. The molecule has 0 atom stereocenters. The Morgan fingerprint density at radius 3 is 2.89 bits per heavy atom. The minimum Gasteiger partial charge on any atom is -0.378 e. The number of nitrogen functional groups attached to an aromatic ring is 1. The summed E-state index contributed by atoms with van der Waals surface area (Å²) in [6.45, 7) is 0.564. The van der Waals surface area contributed by atoms with Crippen LogP contribution < -0.4 is 11.1 Å². The molecule has 0 spiro atoms. The van der Waals surface area contributed by atoms with E-state index in [4.69, 9.17) is 5.73 Å². The summed E-state index contributed by atoms with van der Waals surface area (Å²) < 4.78 is 1.62. The van der Waals surface area contributed by atoms with Gasteiger partial charge in [-0.05, 0) is 6.07 Å². The van der Waals surface area contributed by atoms with Crippen molar-refractivity contribution in [3.8, 4) is 0 Å². The van der Waals surface area contributed by atoms with Crippen LogP contribution in [0.1, 0.15) is 5.82 Å². The molecule has 0 aliphatic carbocycles. The van der Waals surface area contributed by atoms with Gasteiger partial charge in [-0.1, -0.05) is 0 Å². The van der Waals surface area contributed by atoms with Gasteiger partial charge in [0.1, 0.15) is 12.1 Å². The molecule has 0 bridgehead atoms. The van der Waals surface area contributed by atoms with Crippen LogP contribution in [0.4, 0.5) is 17.3 Å². The SMILES string of the molecule is Cn1cnc(CCNc2ccc([N+](=O)[O-])c(N)n2)n1. The third kappa shape index (κ3) is 3.15. The molecular weight excluding hydrogens is 250 g/mol. The lowest BCUT2D eigenvalue weighted by atomic mass is 10.3. The van der Waals surface area contributed by atoms with Crippen LogP contribution in [0, 0.1) is 10.1 Å². The first-order chi connectivity index (χ1) is 9.06. The Morgan fingerprint density at radius 1 is 1.53 bits per heavy atom. The highest BCUT2D eigenvalue weighted by Crippen LogP contribution is 2.20. The molecule has 0 aliphatic rings. The lowest BCUT2D eigenvalue weighted by Crippen LogP contribution is -2.09. The number of anilines is 2. The van der Waals surface area contributed by atoms with Gasteiger partial charge in [0.2, 0.25) is 5.82 Å². The van der Waals surface area contributed by atoms with Gasteiger partial charge in [0.25, 0.3) is 0 Å². The predicted octanol–water partition coefficient (Wildman–Crippen LogP) is 0.355. The Morgan fingerprint density at radius 2 is 2.32 bits per heavy atom. The number of rotatable bonds is 5. The average Bonchev–Trinajstić information content (AvgIpc) is 2.75. The number of hydrogen-bond donors (Lipinski definition) is 2. The van der Waals surface area contributed by atoms with Gasteiger partial charge >= 0.3 is 5.69 Å². The molecule has 9 heteroatoms. The fourth-order valence-corrected chi connectivity index (χ4v) is 1.52. The zero-order chi connectivity index (χ0) is 13.8. The van der Waals surface area contributed by atoms with Gasteiger partial charge < -0.3 is 11.1 Å². The summed E-state index contributed by atoms with van der Waals surface area (Å²) in [4.78, 5) is 18.0. The zero-order valence-corrected chi connectivity index (χ0v) is 10.3. The maximum atomic E-state index is 10.6. The molecule has 0 aromatic carbocycles. The Bertz CT molecular complexity index is 595. The quantitative estimate of drug-likeness (QED) is 0.589. The van der Waals surface area contributed by atoms with Crippen molar-refractivity contribution in [2.75, 3.05) is 17.6 Å². The molecule has 0 saturated heterocycles. The summed E-state index contributed by atoms with van der Waals surface area (Å²) in [5.41, 5.74) is 5.29. The van der Waals surface area contributed by atoms with Crippen molar-refractivity contribution in [1.29, 1.82) is 0 Å². The van der Waals surface area contributed by atoms with E-state index in [0.29, 0.717) is 24.6 Å². The zero-order valence-electron chi connectivity index (χ0n) is 10.3. The van der Waals surface area contributed by atoms with Crippen LogP contribution in [0.3, 0.4) is 0 Å². The van der Waals surface area contributed by atoms with Gasteiger partial charge in [-0.25, -0.2) is 9.97 Å². The van der Waals surface area contributed by atoms with Crippen LogP contribution in [-0.2, 0) is 13.5 Å². The molecule has 0 aliphatic heterocycles. The van der Waals surface area contributed by atoms with Crippen molar-refractivity contribution in [1.82, 2.24) is 19.7 Å². The van der Waals surface area contributed by atoms with Crippen molar-refractivity contribution >= 4 is 17.3 Å². The van der Waals surface area contributed by atoms with E-state index < -0.39 is 4.92 Å². The first kappa shape index (κ1) is 12.7. The third-order valence-corrected chi connectivity index (χ3v) is 2.40. The highest BCUT2D eigenvalue weighted by atomic mass is 16.6. The van der Waals surface area contributed by atoms with Crippen LogP contribution >= 0.6 is 0 Å². The van der Waals surface area contributed by atoms with E-state index in [-0.39, 0.29) is 11.5 Å². The van der Waals surface area contributed by atoms with Crippen LogP contribution in [0.2, 0.25) is 0 Å². The van der Waals surface area contributed by atoms with Gasteiger partial charge in [0, 0.05) is 26.1 Å². The monoisotopic (exact) mass is 263 g/mol. The van der Waals surface area contributed by atoms with Crippen molar-refractivity contribution in [3.05, 3.63) is 34.4 Å². The second kappa shape index (κ2) is 5.29. The molecule has 2 aromatic heterocycles. The van der Waals surface area contributed by atoms with Crippen LogP contribution in [-0.4, -0.2) is 31.2 Å². The van der Waals surface area contributed by atoms with E-state index in [1.807, 2.05) is 0 Å². The topological polar surface area (TPSA) is 125 Å². The van der Waals surface area contributed by atoms with Gasteiger partial charge in [0.15, 0.2) is 5.82 Å². The van der Waals surface area contributed by atoms with E-state index in [2.05, 4.69) is 20.4 Å². The van der Waals surface area contributed by atoms with Crippen molar-refractivity contribution < 1.29 is 4.92 Å². The van der Waals surface area contributed by atoms with Gasteiger partial charge in [0.05, 0.1) is 4.92 Å². The summed E-state index contributed by atoms with van der Waals surface area (Å²) in [5.74, 6) is 1.09. The molecule has 9 nitrogen and oxygen atoms in total. The standard InChI is InChI=1S/C10H13N7O2/c1-16-6-13-9(15-16)4-5-12-8-3-2-7(17(18)19)10(11)14-8/h2-3,6H,4-5H2,1H3,(H3,11,12,14). The van der Waals surface area contributed by atoms with E-state index in [0.717, 1.165) is 0 Å². The maximum Gasteiger partial charge on any atom is 0.311 e. The highest BCUT2D eigenvalue weighted by molar-refractivity contribution is 5.57. The Kier molecular flexibility index (Phi) is 3.55. The summed E-state index contributed by atoms with van der Waals surface area (Å²) in [6.07, 6.45) is 2.25. The van der Waals surface area contributed by atoms with Gasteiger partial charge in [-0.15, -0.1) is 0 Å². The molecule has 0 saturated carbocycles. The van der Waals surface area contributed by atoms with Gasteiger partial charge in [-0.2, -0.15) is 5.10 Å². The number of nitrogens with one attached hydrogen (secondary N) is 1. The largest absolute Gasteiger partial charge is 0.378 e. The normalized spacial score (nSPS) is 10.4. The van der Waals surface area contributed by atoms with E-state index in [9.17, 15) is 10.1 Å². The Hall–Kier alpha value is -2.71. The number of nitro groups is 1. The summed E-state index contributed by atoms with van der Waals surface area (Å²) in [7, 11) is 1.79. The molecule has 19 heavy (non-hydrogen) atoms. The maximum absolute atomic E-state index is 10.6. The first-order valence-corrected chi connectivity index (χ1v) is 5.55. The minimum absolute atomic E-state index is 0.106. The van der Waals surface area contributed by atoms with Crippen molar-refractivity contribution in [2.24, 2.45) is 7.05 Å². The lowest BCUT2D eigenvalue weighted by molar-refractivity contribution is -0.384. The predicted molar refractivity (Wildman–Crippen MR) is 68.5 cm³/mol. The summed E-state index contributed by atoms with van der Waals surface area (Å²) >= 11 is 0. The molecule has 2 aromatic rings.